The number of benzene rings is 4. The van der Waals surface area contributed by atoms with Gasteiger partial charge in [-0.2, -0.15) is 0 Å². The Balaban J connectivity index is 0.000000967. The molecular formula is C48H41ClO4S2. The summed E-state index contributed by atoms with van der Waals surface area (Å²) >= 11 is 3.68. The van der Waals surface area contributed by atoms with Gasteiger partial charge in [0.15, 0.2) is 0 Å². The topological polar surface area (TPSA) is 92.2 Å². The van der Waals surface area contributed by atoms with Crippen LogP contribution in [0.4, 0.5) is 0 Å². The average molecular weight is 781 g/mol. The molecule has 0 spiro atoms. The summed E-state index contributed by atoms with van der Waals surface area (Å²) < 4.78 is 34.0. The van der Waals surface area contributed by atoms with Gasteiger partial charge in [-0.25, -0.2) is 18.6 Å². The van der Waals surface area contributed by atoms with Crippen LogP contribution in [0.5, 0.6) is 0 Å². The molecule has 4 nitrogen and oxygen atoms in total. The fourth-order valence-corrected chi connectivity index (χ4v) is 8.77. The predicted molar refractivity (Wildman–Crippen MR) is 221 cm³/mol. The molecule has 7 rings (SSSR count). The second-order valence-corrected chi connectivity index (χ2v) is 16.9. The Morgan fingerprint density at radius 3 is 1.47 bits per heavy atom. The van der Waals surface area contributed by atoms with Crippen LogP contribution in [0, 0.1) is 15.7 Å². The summed E-state index contributed by atoms with van der Waals surface area (Å²) in [6.07, 6.45) is 22.7. The van der Waals surface area contributed by atoms with Crippen LogP contribution in [0.3, 0.4) is 0 Å². The summed E-state index contributed by atoms with van der Waals surface area (Å²) in [7, 11) is -4.94. The number of allylic oxidation sites excluding steroid dienone is 11. The molecule has 0 N–H and O–H groups in total. The van der Waals surface area contributed by atoms with Gasteiger partial charge in [-0.15, -0.1) is 10.2 Å². The van der Waals surface area contributed by atoms with Crippen LogP contribution in [-0.2, 0) is 0 Å². The molecule has 1 aromatic heterocycles. The highest BCUT2D eigenvalue weighted by molar-refractivity contribution is 8.16. The molecule has 0 amide bonds. The summed E-state index contributed by atoms with van der Waals surface area (Å²) in [5.41, 5.74) is 10.3. The van der Waals surface area contributed by atoms with E-state index in [1.165, 1.54) is 64.1 Å². The highest BCUT2D eigenvalue weighted by Crippen LogP contribution is 2.44. The molecule has 7 heteroatoms. The molecular weight excluding hydrogens is 740 g/mol. The normalized spacial score (nSPS) is 16.3. The second-order valence-electron chi connectivity index (χ2n) is 13.9. The quantitative estimate of drug-likeness (QED) is 0.146. The molecule has 276 valence electrons. The Hall–Kier alpha value is -4.89. The van der Waals surface area contributed by atoms with Crippen LogP contribution in [0.15, 0.2) is 199 Å². The van der Waals surface area contributed by atoms with E-state index in [0.717, 1.165) is 12.8 Å². The first-order valence-corrected chi connectivity index (χ1v) is 20.7. The van der Waals surface area contributed by atoms with E-state index in [-0.39, 0.29) is 5.41 Å². The molecule has 2 aliphatic rings. The summed E-state index contributed by atoms with van der Waals surface area (Å²) in [5.74, 6) is 0. The van der Waals surface area contributed by atoms with Crippen molar-refractivity contribution in [3.63, 3.8) is 0 Å². The molecule has 0 fully saturated rings. The predicted octanol–water partition coefficient (Wildman–Crippen LogP) is 9.60. The van der Waals surface area contributed by atoms with Crippen molar-refractivity contribution in [2.75, 3.05) is 0 Å². The van der Waals surface area contributed by atoms with Crippen LogP contribution < -0.4 is 18.6 Å². The maximum absolute atomic E-state index is 8.49. The molecule has 1 aliphatic heterocycles. The Morgan fingerprint density at radius 1 is 0.564 bits per heavy atom. The van der Waals surface area contributed by atoms with Gasteiger partial charge in [-0.3, -0.25) is 0 Å². The first-order chi connectivity index (χ1) is 26.5. The SMILES string of the molecule is CC1(C)CC(/C=C/C=C2C=C(c3ccccc3)SC(c3ccccc3)=C2)=CC(=C/C=C/c2cc(-c3ccccc3)[s+]c(-c3ccccc3)c2)/C1.[O-][Cl+3]([O-])([O-])[O-]. The monoisotopic (exact) mass is 780 g/mol. The minimum absolute atomic E-state index is 0.193. The summed E-state index contributed by atoms with van der Waals surface area (Å²) in [4.78, 5) is 5.08. The van der Waals surface area contributed by atoms with Gasteiger partial charge in [-0.05, 0) is 88.1 Å². The molecule has 0 atom stereocenters. The van der Waals surface area contributed by atoms with E-state index in [1.807, 2.05) is 23.1 Å². The van der Waals surface area contributed by atoms with Crippen LogP contribution in [-0.4, -0.2) is 0 Å². The van der Waals surface area contributed by atoms with Crippen LogP contribution >= 0.6 is 23.1 Å². The van der Waals surface area contributed by atoms with E-state index in [4.69, 9.17) is 18.6 Å². The van der Waals surface area contributed by atoms with Gasteiger partial charge < -0.3 is 0 Å². The molecule has 5 aromatic rings. The average Bonchev–Trinajstić information content (AvgIpc) is 3.18. The third kappa shape index (κ3) is 12.6. The molecule has 1 aliphatic carbocycles. The van der Waals surface area contributed by atoms with E-state index in [1.54, 1.807) is 0 Å². The first-order valence-electron chi connectivity index (χ1n) is 17.9. The summed E-state index contributed by atoms with van der Waals surface area (Å²) in [6.45, 7) is 4.76. The zero-order valence-electron chi connectivity index (χ0n) is 30.6. The standard InChI is InChI=1S/C48H41S2.ClHO4/c1-48(2)34-38(19-15-17-36-30-44(40-21-7-3-8-22-40)49-45(31-36)41-23-9-4-10-24-41)29-39(35-48)20-16-18-37-32-46(42-25-11-5-12-26-42)50-47(33-37)43-27-13-6-14-28-43;2-1(3,4)5/h3-33H,34-35H2,1-2H3;(H,2,3,4,5)/q+1;/p-1. The number of thioether (sulfide) groups is 1. The third-order valence-electron chi connectivity index (χ3n) is 8.80. The van der Waals surface area contributed by atoms with Crippen LogP contribution in [0.25, 0.3) is 36.8 Å². The number of hydrogen-bond acceptors (Lipinski definition) is 5. The largest absolute Gasteiger partial charge is 0.239 e. The van der Waals surface area contributed by atoms with E-state index in [0.29, 0.717) is 0 Å². The van der Waals surface area contributed by atoms with Crippen molar-refractivity contribution < 1.29 is 28.9 Å². The van der Waals surface area contributed by atoms with Gasteiger partial charge in [0.1, 0.15) is 0 Å². The highest BCUT2D eigenvalue weighted by atomic mass is 35.7. The maximum Gasteiger partial charge on any atom is 0.239 e. The molecule has 0 radical (unpaired) electrons. The van der Waals surface area contributed by atoms with Gasteiger partial charge in [0.25, 0.3) is 0 Å². The van der Waals surface area contributed by atoms with Crippen molar-refractivity contribution in [3.8, 4) is 20.9 Å². The molecule has 0 bridgehead atoms. The molecule has 4 aromatic carbocycles. The maximum atomic E-state index is 8.49. The Kier molecular flexibility index (Phi) is 13.5. The van der Waals surface area contributed by atoms with Crippen molar-refractivity contribution in [1.82, 2.24) is 0 Å². The van der Waals surface area contributed by atoms with Crippen molar-refractivity contribution in [2.45, 2.75) is 26.7 Å². The van der Waals surface area contributed by atoms with Gasteiger partial charge in [0, 0.05) is 33.1 Å². The number of halogens is 1. The van der Waals surface area contributed by atoms with Crippen molar-refractivity contribution in [3.05, 3.63) is 215 Å². The lowest BCUT2D eigenvalue weighted by molar-refractivity contribution is -2.00. The lowest BCUT2D eigenvalue weighted by atomic mass is 9.75. The van der Waals surface area contributed by atoms with Gasteiger partial charge in [-0.1, -0.05) is 165 Å². The zero-order chi connectivity index (χ0) is 38.7. The second kappa shape index (κ2) is 18.6. The van der Waals surface area contributed by atoms with E-state index < -0.39 is 10.2 Å². The summed E-state index contributed by atoms with van der Waals surface area (Å²) in [5, 5.41) is 0. The molecule has 2 heterocycles. The first kappa shape index (κ1) is 39.8. The third-order valence-corrected chi connectivity index (χ3v) is 11.1. The van der Waals surface area contributed by atoms with Crippen molar-refractivity contribution in [1.29, 1.82) is 0 Å². The van der Waals surface area contributed by atoms with Crippen molar-refractivity contribution in [2.24, 2.45) is 5.41 Å². The fourth-order valence-electron chi connectivity index (χ4n) is 6.50. The Morgan fingerprint density at radius 2 is 1.00 bits per heavy atom. The lowest BCUT2D eigenvalue weighted by Crippen LogP contribution is -2.68. The number of hydrogen-bond donors (Lipinski definition) is 0. The molecule has 55 heavy (non-hydrogen) atoms. The molecule has 0 saturated carbocycles. The van der Waals surface area contributed by atoms with Crippen LogP contribution in [0.2, 0.25) is 0 Å². The zero-order valence-corrected chi connectivity index (χ0v) is 33.0. The lowest BCUT2D eigenvalue weighted by Gasteiger charge is -2.30. The van der Waals surface area contributed by atoms with Gasteiger partial charge >= 0.3 is 0 Å². The van der Waals surface area contributed by atoms with Gasteiger partial charge in [0.2, 0.25) is 21.1 Å². The van der Waals surface area contributed by atoms with E-state index in [2.05, 4.69) is 202 Å². The Labute approximate surface area is 334 Å². The minimum atomic E-state index is -4.94. The van der Waals surface area contributed by atoms with Crippen LogP contribution in [0.1, 0.15) is 43.4 Å². The fraction of sp³-hybridized carbons (Fsp3) is 0.104. The molecule has 0 saturated heterocycles. The van der Waals surface area contributed by atoms with Crippen molar-refractivity contribution >= 4 is 39.0 Å². The van der Waals surface area contributed by atoms with E-state index in [9.17, 15) is 0 Å². The van der Waals surface area contributed by atoms with Gasteiger partial charge in [0.05, 0.1) is 0 Å². The Bertz CT molecular complexity index is 2160. The summed E-state index contributed by atoms with van der Waals surface area (Å²) in [6, 6.07) is 47.4. The van der Waals surface area contributed by atoms with E-state index >= 15 is 0 Å². The molecule has 0 unspecified atom stereocenters. The smallest absolute Gasteiger partial charge is 0.222 e. The minimum Gasteiger partial charge on any atom is -0.222 e. The highest BCUT2D eigenvalue weighted by Gasteiger charge is 2.24. The number of rotatable bonds is 8.